The van der Waals surface area contributed by atoms with Crippen LogP contribution < -0.4 is 9.47 Å². The molecule has 1 saturated carbocycles. The molecule has 26 heavy (non-hydrogen) atoms. The van der Waals surface area contributed by atoms with Gasteiger partial charge in [-0.2, -0.15) is 0 Å². The second-order valence-corrected chi connectivity index (χ2v) is 7.30. The Balaban J connectivity index is 1.32. The van der Waals surface area contributed by atoms with Crippen LogP contribution in [0.3, 0.4) is 0 Å². The Morgan fingerprint density at radius 3 is 2.92 bits per heavy atom. The fourth-order valence-corrected chi connectivity index (χ4v) is 3.70. The summed E-state index contributed by atoms with van der Waals surface area (Å²) in [4.78, 5) is 14.4. The van der Waals surface area contributed by atoms with E-state index in [4.69, 9.17) is 9.47 Å². The number of ether oxygens (including phenoxy) is 2. The zero-order valence-electron chi connectivity index (χ0n) is 14.6. The fourth-order valence-electron chi connectivity index (χ4n) is 2.85. The molecule has 4 rings (SSSR count). The number of fused-ring (bicyclic) bond motifs is 1. The number of aromatic nitrogens is 4. The van der Waals surface area contributed by atoms with E-state index in [2.05, 4.69) is 15.5 Å². The Labute approximate surface area is 155 Å². The summed E-state index contributed by atoms with van der Waals surface area (Å²) < 4.78 is 13.5. The maximum atomic E-state index is 12.6. The van der Waals surface area contributed by atoms with Crippen LogP contribution in [0.25, 0.3) is 0 Å². The van der Waals surface area contributed by atoms with Crippen LogP contribution in [0, 0.1) is 0 Å². The van der Waals surface area contributed by atoms with E-state index in [0.717, 1.165) is 24.3 Å². The molecule has 0 radical (unpaired) electrons. The Hall–Kier alpha value is -2.29. The Morgan fingerprint density at radius 1 is 1.35 bits per heavy atom. The summed E-state index contributed by atoms with van der Waals surface area (Å²) >= 11 is 1.39. The summed E-state index contributed by atoms with van der Waals surface area (Å²) in [6, 6.07) is 7.99. The highest BCUT2D eigenvalue weighted by Gasteiger charge is 2.29. The molecule has 2 aliphatic rings. The topological polar surface area (TPSA) is 82.4 Å². The lowest BCUT2D eigenvalue weighted by atomic mass is 10.2. The number of para-hydroxylation sites is 2. The van der Waals surface area contributed by atoms with Crippen molar-refractivity contribution in [3.05, 3.63) is 24.3 Å². The number of hydrogen-bond donors (Lipinski definition) is 0. The van der Waals surface area contributed by atoms with Crippen molar-refractivity contribution in [1.29, 1.82) is 0 Å². The number of tetrazole rings is 1. The number of nitrogens with zero attached hydrogens (tertiary/aromatic N) is 5. The summed E-state index contributed by atoms with van der Waals surface area (Å²) in [5, 5.41) is 12.5. The van der Waals surface area contributed by atoms with Crippen LogP contribution in [-0.2, 0) is 4.79 Å². The average Bonchev–Trinajstić information content (AvgIpc) is 3.41. The van der Waals surface area contributed by atoms with E-state index in [1.807, 2.05) is 35.9 Å². The van der Waals surface area contributed by atoms with Gasteiger partial charge in [0, 0.05) is 6.54 Å². The highest BCUT2D eigenvalue weighted by molar-refractivity contribution is 7.99. The van der Waals surface area contributed by atoms with Gasteiger partial charge in [0.05, 0.1) is 18.3 Å². The first-order valence-corrected chi connectivity index (χ1v) is 9.80. The van der Waals surface area contributed by atoms with Crippen molar-refractivity contribution >= 4 is 17.7 Å². The molecule has 1 fully saturated rings. The molecule has 1 aromatic heterocycles. The highest BCUT2D eigenvalue weighted by Crippen LogP contribution is 2.36. The van der Waals surface area contributed by atoms with Crippen molar-refractivity contribution in [2.24, 2.45) is 0 Å². The summed E-state index contributed by atoms with van der Waals surface area (Å²) in [6.45, 7) is 3.52. The minimum atomic E-state index is -0.171. The van der Waals surface area contributed by atoms with Crippen molar-refractivity contribution in [1.82, 2.24) is 25.1 Å². The minimum absolute atomic E-state index is 0.0466. The first kappa shape index (κ1) is 17.1. The van der Waals surface area contributed by atoms with Crippen molar-refractivity contribution < 1.29 is 14.3 Å². The lowest BCUT2D eigenvalue weighted by Gasteiger charge is -2.30. The van der Waals surface area contributed by atoms with Gasteiger partial charge in [0.1, 0.15) is 6.61 Å². The molecule has 1 aliphatic carbocycles. The average molecular weight is 375 g/mol. The monoisotopic (exact) mass is 375 g/mol. The van der Waals surface area contributed by atoms with Crippen LogP contribution in [-0.4, -0.2) is 62.6 Å². The molecule has 0 N–H and O–H groups in total. The summed E-state index contributed by atoms with van der Waals surface area (Å²) in [5.41, 5.74) is 0. The van der Waals surface area contributed by atoms with E-state index in [0.29, 0.717) is 36.6 Å². The van der Waals surface area contributed by atoms with Gasteiger partial charge in [0.2, 0.25) is 11.1 Å². The predicted molar refractivity (Wildman–Crippen MR) is 95.4 cm³/mol. The molecular formula is C17H21N5O3S. The standard InChI is InChI=1S/C17H21N5O3S/c1-2-21(9-13-10-24-14-5-3-4-6-15(14)25-13)16(23)11-26-17-18-19-20-22(17)12-7-8-12/h3-6,12-13H,2,7-11H2,1H3/t13-/m0/s1. The SMILES string of the molecule is CCN(C[C@H]1COc2ccccc2O1)C(=O)CSc1nnnn1C1CC1. The number of carbonyl (C=O) groups is 1. The zero-order chi connectivity index (χ0) is 17.9. The predicted octanol–water partition coefficient (Wildman–Crippen LogP) is 1.79. The third-order valence-corrected chi connectivity index (χ3v) is 5.32. The van der Waals surface area contributed by atoms with Gasteiger partial charge in [0.25, 0.3) is 0 Å². The lowest BCUT2D eigenvalue weighted by Crippen LogP contribution is -2.44. The van der Waals surface area contributed by atoms with Crippen LogP contribution >= 0.6 is 11.8 Å². The van der Waals surface area contributed by atoms with Gasteiger partial charge in [-0.15, -0.1) is 5.10 Å². The molecule has 1 aromatic carbocycles. The molecule has 8 nitrogen and oxygen atoms in total. The largest absolute Gasteiger partial charge is 0.486 e. The third-order valence-electron chi connectivity index (χ3n) is 4.41. The van der Waals surface area contributed by atoms with E-state index < -0.39 is 0 Å². The second kappa shape index (κ2) is 7.53. The number of amides is 1. The van der Waals surface area contributed by atoms with Crippen LogP contribution in [0.1, 0.15) is 25.8 Å². The van der Waals surface area contributed by atoms with E-state index in [1.54, 1.807) is 4.90 Å². The summed E-state index contributed by atoms with van der Waals surface area (Å²) in [6.07, 6.45) is 2.04. The van der Waals surface area contributed by atoms with Gasteiger partial charge < -0.3 is 14.4 Å². The quantitative estimate of drug-likeness (QED) is 0.682. The molecule has 0 unspecified atom stereocenters. The van der Waals surface area contributed by atoms with Gasteiger partial charge >= 0.3 is 0 Å². The zero-order valence-corrected chi connectivity index (χ0v) is 15.4. The molecule has 0 spiro atoms. The van der Waals surface area contributed by atoms with Crippen LogP contribution in [0.15, 0.2) is 29.4 Å². The van der Waals surface area contributed by atoms with Gasteiger partial charge in [-0.25, -0.2) is 4.68 Å². The number of rotatable bonds is 7. The first-order chi connectivity index (χ1) is 12.7. The molecule has 1 aliphatic heterocycles. The smallest absolute Gasteiger partial charge is 0.233 e. The molecule has 9 heteroatoms. The van der Waals surface area contributed by atoms with E-state index in [-0.39, 0.29) is 12.0 Å². The number of likely N-dealkylation sites (N-methyl/N-ethyl adjacent to an activating group) is 1. The first-order valence-electron chi connectivity index (χ1n) is 8.81. The van der Waals surface area contributed by atoms with Crippen LogP contribution in [0.4, 0.5) is 0 Å². The molecular weight excluding hydrogens is 354 g/mol. The van der Waals surface area contributed by atoms with Crippen molar-refractivity contribution in [2.75, 3.05) is 25.4 Å². The third kappa shape index (κ3) is 3.77. The fraction of sp³-hybridized carbons (Fsp3) is 0.529. The van der Waals surface area contributed by atoms with Crippen molar-refractivity contribution in [3.8, 4) is 11.5 Å². The lowest BCUT2D eigenvalue weighted by molar-refractivity contribution is -0.129. The minimum Gasteiger partial charge on any atom is -0.486 e. The molecule has 1 atom stereocenters. The van der Waals surface area contributed by atoms with Crippen molar-refractivity contribution in [3.63, 3.8) is 0 Å². The number of benzene rings is 1. The van der Waals surface area contributed by atoms with Crippen LogP contribution in [0.2, 0.25) is 0 Å². The van der Waals surface area contributed by atoms with Gasteiger partial charge in [0.15, 0.2) is 17.6 Å². The molecule has 0 bridgehead atoms. The van der Waals surface area contributed by atoms with Gasteiger partial charge in [-0.1, -0.05) is 23.9 Å². The molecule has 1 amide bonds. The van der Waals surface area contributed by atoms with Gasteiger partial charge in [-0.05, 0) is 42.3 Å². The van der Waals surface area contributed by atoms with Crippen LogP contribution in [0.5, 0.6) is 11.5 Å². The maximum Gasteiger partial charge on any atom is 0.233 e. The number of hydrogen-bond acceptors (Lipinski definition) is 7. The molecule has 0 saturated heterocycles. The normalized spacial score (nSPS) is 18.6. The molecule has 2 heterocycles. The van der Waals surface area contributed by atoms with Crippen molar-refractivity contribution in [2.45, 2.75) is 37.1 Å². The highest BCUT2D eigenvalue weighted by atomic mass is 32.2. The second-order valence-electron chi connectivity index (χ2n) is 6.36. The Bertz CT molecular complexity index is 779. The van der Waals surface area contributed by atoms with E-state index in [9.17, 15) is 4.79 Å². The summed E-state index contributed by atoms with van der Waals surface area (Å²) in [5.74, 6) is 1.83. The van der Waals surface area contributed by atoms with Gasteiger partial charge in [-0.3, -0.25) is 4.79 Å². The number of thioether (sulfide) groups is 1. The van der Waals surface area contributed by atoms with E-state index >= 15 is 0 Å². The maximum absolute atomic E-state index is 12.6. The Kier molecular flexibility index (Phi) is 4.96. The Morgan fingerprint density at radius 2 is 2.15 bits per heavy atom. The molecule has 138 valence electrons. The number of carbonyl (C=O) groups excluding carboxylic acids is 1. The van der Waals surface area contributed by atoms with E-state index in [1.165, 1.54) is 11.8 Å². The summed E-state index contributed by atoms with van der Waals surface area (Å²) in [7, 11) is 0. The molecule has 2 aromatic rings.